The lowest BCUT2D eigenvalue weighted by atomic mass is 10.2. The summed E-state index contributed by atoms with van der Waals surface area (Å²) < 4.78 is 4.88. The first-order chi connectivity index (χ1) is 7.39. The minimum atomic E-state index is -0.494. The minimum Gasteiger partial charge on any atom is -0.444 e. The summed E-state index contributed by atoms with van der Waals surface area (Å²) in [4.78, 5) is 10.8. The summed E-state index contributed by atoms with van der Waals surface area (Å²) in [5, 5.41) is 10.7. The zero-order valence-electron chi connectivity index (χ0n) is 10.9. The fraction of sp³-hybridized carbons (Fsp3) is 0.917. The number of aliphatic hydroxyl groups is 1. The number of ether oxygens (including phenoxy) is 1. The largest absolute Gasteiger partial charge is 0.444 e. The summed E-state index contributed by atoms with van der Waals surface area (Å²) in [6, 6.07) is 0. The van der Waals surface area contributed by atoms with E-state index in [-0.39, 0.29) is 13.2 Å². The highest BCUT2D eigenvalue weighted by Crippen LogP contribution is 2.31. The lowest BCUT2D eigenvalue weighted by Crippen LogP contribution is -2.33. The molecule has 0 saturated heterocycles. The Labute approximate surface area is 98.4 Å². The van der Waals surface area contributed by atoms with Gasteiger partial charge in [-0.1, -0.05) is 26.2 Å². The quantitative estimate of drug-likeness (QED) is 0.783. The van der Waals surface area contributed by atoms with Gasteiger partial charge in [0.25, 0.3) is 0 Å². The second-order valence-electron chi connectivity index (χ2n) is 5.00. The second-order valence-corrected chi connectivity index (χ2v) is 5.00. The van der Waals surface area contributed by atoms with Gasteiger partial charge in [-0.15, -0.1) is 0 Å². The number of aliphatic hydroxyl groups excluding tert-OH is 1. The third-order valence-electron chi connectivity index (χ3n) is 2.05. The Morgan fingerprint density at radius 3 is 2.25 bits per heavy atom. The topological polar surface area (TPSA) is 58.6 Å². The van der Waals surface area contributed by atoms with E-state index in [1.54, 1.807) is 20.8 Å². The van der Waals surface area contributed by atoms with Crippen LogP contribution in [0, 0.1) is 5.92 Å². The molecule has 1 saturated carbocycles. The average Bonchev–Trinajstić information content (AvgIpc) is 2.96. The van der Waals surface area contributed by atoms with Gasteiger partial charge in [0, 0.05) is 6.54 Å². The van der Waals surface area contributed by atoms with E-state index in [9.17, 15) is 4.79 Å². The van der Waals surface area contributed by atoms with Crippen molar-refractivity contribution >= 4 is 6.09 Å². The van der Waals surface area contributed by atoms with Crippen molar-refractivity contribution < 1.29 is 14.6 Å². The average molecular weight is 231 g/mol. The van der Waals surface area contributed by atoms with E-state index < -0.39 is 11.7 Å². The maximum atomic E-state index is 10.8. The number of rotatable bonds is 3. The van der Waals surface area contributed by atoms with Crippen molar-refractivity contribution in [1.29, 1.82) is 0 Å². The molecule has 2 N–H and O–H groups in total. The van der Waals surface area contributed by atoms with Gasteiger partial charge in [0.2, 0.25) is 0 Å². The number of hydrogen-bond acceptors (Lipinski definition) is 3. The van der Waals surface area contributed by atoms with Crippen molar-refractivity contribution in [3.05, 3.63) is 0 Å². The summed E-state index contributed by atoms with van der Waals surface area (Å²) >= 11 is 0. The normalized spacial score (nSPS) is 14.8. The highest BCUT2D eigenvalue weighted by Gasteiger charge is 2.17. The van der Waals surface area contributed by atoms with Gasteiger partial charge >= 0.3 is 6.09 Å². The number of carbonyl (C=O) groups is 1. The zero-order chi connectivity index (χ0) is 12.6. The number of hydrogen-bond donors (Lipinski definition) is 2. The Morgan fingerprint density at radius 1 is 1.44 bits per heavy atom. The first-order valence-electron chi connectivity index (χ1n) is 5.96. The van der Waals surface area contributed by atoms with Crippen LogP contribution in [0.3, 0.4) is 0 Å². The van der Waals surface area contributed by atoms with E-state index in [0.717, 1.165) is 5.92 Å². The van der Waals surface area contributed by atoms with Gasteiger partial charge in [0.1, 0.15) is 5.60 Å². The standard InChI is InChI=1S/C7H15NO3.C5H10/c1-7(2,3)11-6(10)8-4-5-9;1-2-5-3-4-5/h9H,4-5H2,1-3H3,(H,8,10);5H,2-4H2,1H3. The number of amides is 1. The van der Waals surface area contributed by atoms with E-state index in [2.05, 4.69) is 12.2 Å². The van der Waals surface area contributed by atoms with Gasteiger partial charge in [0.15, 0.2) is 0 Å². The molecule has 1 aliphatic carbocycles. The van der Waals surface area contributed by atoms with Gasteiger partial charge in [0.05, 0.1) is 6.61 Å². The smallest absolute Gasteiger partial charge is 0.407 e. The number of nitrogens with one attached hydrogen (secondary N) is 1. The van der Waals surface area contributed by atoms with E-state index >= 15 is 0 Å². The van der Waals surface area contributed by atoms with Crippen LogP contribution in [0.15, 0.2) is 0 Å². The Kier molecular flexibility index (Phi) is 7.13. The lowest BCUT2D eigenvalue weighted by Gasteiger charge is -2.19. The molecule has 0 aromatic heterocycles. The van der Waals surface area contributed by atoms with Gasteiger partial charge in [-0.25, -0.2) is 4.79 Å². The maximum Gasteiger partial charge on any atom is 0.407 e. The van der Waals surface area contributed by atoms with Gasteiger partial charge < -0.3 is 15.2 Å². The van der Waals surface area contributed by atoms with Crippen LogP contribution >= 0.6 is 0 Å². The predicted molar refractivity (Wildman–Crippen MR) is 64.3 cm³/mol. The highest BCUT2D eigenvalue weighted by atomic mass is 16.6. The molecule has 0 unspecified atom stereocenters. The zero-order valence-corrected chi connectivity index (χ0v) is 10.9. The molecule has 0 bridgehead atoms. The molecule has 96 valence electrons. The fourth-order valence-corrected chi connectivity index (χ4v) is 0.998. The van der Waals surface area contributed by atoms with Crippen LogP contribution in [0.25, 0.3) is 0 Å². The Hall–Kier alpha value is -0.770. The molecule has 1 rings (SSSR count). The molecule has 0 atom stereocenters. The van der Waals surface area contributed by atoms with Gasteiger partial charge in [-0.3, -0.25) is 0 Å². The van der Waals surface area contributed by atoms with Crippen LogP contribution in [0.1, 0.15) is 47.0 Å². The SMILES string of the molecule is CC(C)(C)OC(=O)NCCO.CCC1CC1. The third-order valence-corrected chi connectivity index (χ3v) is 2.05. The molecule has 1 amide bonds. The molecule has 1 fully saturated rings. The van der Waals surface area contributed by atoms with Crippen molar-refractivity contribution in [3.63, 3.8) is 0 Å². The Bertz CT molecular complexity index is 195. The van der Waals surface area contributed by atoms with Gasteiger partial charge in [-0.2, -0.15) is 0 Å². The van der Waals surface area contributed by atoms with Crippen LogP contribution in [0.4, 0.5) is 4.79 Å². The van der Waals surface area contributed by atoms with Crippen molar-refractivity contribution in [2.24, 2.45) is 5.92 Å². The van der Waals surface area contributed by atoms with Gasteiger partial charge in [-0.05, 0) is 26.7 Å². The number of alkyl carbamates (subject to hydrolysis) is 1. The first kappa shape index (κ1) is 15.2. The fourth-order valence-electron chi connectivity index (χ4n) is 0.998. The molecule has 0 aliphatic heterocycles. The summed E-state index contributed by atoms with van der Waals surface area (Å²) in [7, 11) is 0. The Balaban J connectivity index is 0.000000368. The summed E-state index contributed by atoms with van der Waals surface area (Å²) in [6.45, 7) is 7.77. The van der Waals surface area contributed by atoms with E-state index in [1.807, 2.05) is 0 Å². The molecule has 0 spiro atoms. The Morgan fingerprint density at radius 2 is 2.00 bits per heavy atom. The summed E-state index contributed by atoms with van der Waals surface area (Å²) in [6.07, 6.45) is 3.94. The lowest BCUT2D eigenvalue weighted by molar-refractivity contribution is 0.0518. The highest BCUT2D eigenvalue weighted by molar-refractivity contribution is 5.67. The molecule has 1 aliphatic rings. The van der Waals surface area contributed by atoms with Crippen molar-refractivity contribution in [1.82, 2.24) is 5.32 Å². The molecule has 0 aromatic carbocycles. The monoisotopic (exact) mass is 231 g/mol. The molecule has 0 radical (unpaired) electrons. The summed E-state index contributed by atoms with van der Waals surface area (Å²) in [5.41, 5.74) is -0.473. The molecule has 0 aromatic rings. The maximum absolute atomic E-state index is 10.8. The molecule has 0 heterocycles. The molecule has 4 nitrogen and oxygen atoms in total. The van der Waals surface area contributed by atoms with Crippen LogP contribution in [-0.2, 0) is 4.74 Å². The first-order valence-corrected chi connectivity index (χ1v) is 5.96. The molecular formula is C12H25NO3. The van der Waals surface area contributed by atoms with Crippen molar-refractivity contribution in [2.45, 2.75) is 52.6 Å². The molecule has 16 heavy (non-hydrogen) atoms. The predicted octanol–water partition coefficient (Wildman–Crippen LogP) is 2.31. The van der Waals surface area contributed by atoms with Crippen LogP contribution < -0.4 is 5.32 Å². The van der Waals surface area contributed by atoms with E-state index in [4.69, 9.17) is 9.84 Å². The number of carbonyl (C=O) groups excluding carboxylic acids is 1. The minimum absolute atomic E-state index is 0.0702. The van der Waals surface area contributed by atoms with Crippen molar-refractivity contribution in [2.75, 3.05) is 13.2 Å². The van der Waals surface area contributed by atoms with E-state index in [1.165, 1.54) is 19.3 Å². The van der Waals surface area contributed by atoms with E-state index in [0.29, 0.717) is 0 Å². The van der Waals surface area contributed by atoms with Crippen molar-refractivity contribution in [3.8, 4) is 0 Å². The summed E-state index contributed by atoms with van der Waals surface area (Å²) in [5.74, 6) is 1.13. The molecule has 4 heteroatoms. The van der Waals surface area contributed by atoms with Crippen LogP contribution in [0.5, 0.6) is 0 Å². The second kappa shape index (κ2) is 7.49. The van der Waals surface area contributed by atoms with Crippen LogP contribution in [-0.4, -0.2) is 30.0 Å². The molecular weight excluding hydrogens is 206 g/mol. The third kappa shape index (κ3) is 11.3. The van der Waals surface area contributed by atoms with Crippen LogP contribution in [0.2, 0.25) is 0 Å².